The Balaban J connectivity index is 2.67. The summed E-state index contributed by atoms with van der Waals surface area (Å²) in [5.41, 5.74) is 0. The smallest absolute Gasteiger partial charge is 0.282 e. The van der Waals surface area contributed by atoms with Crippen LogP contribution < -0.4 is 0 Å². The van der Waals surface area contributed by atoms with Crippen molar-refractivity contribution in [3.63, 3.8) is 0 Å². The summed E-state index contributed by atoms with van der Waals surface area (Å²) in [4.78, 5) is 12.9. The zero-order chi connectivity index (χ0) is 8.27. The van der Waals surface area contributed by atoms with E-state index < -0.39 is 0 Å². The van der Waals surface area contributed by atoms with Gasteiger partial charge in [-0.05, 0) is 6.92 Å². The summed E-state index contributed by atoms with van der Waals surface area (Å²) in [6.45, 7) is 3.33. The first-order valence-corrected chi connectivity index (χ1v) is 4.42. The maximum absolute atomic E-state index is 11.2. The number of hydrogen-bond donors (Lipinski definition) is 1. The van der Waals surface area contributed by atoms with Crippen LogP contribution in [0.25, 0.3) is 0 Å². The Bertz CT molecular complexity index is 193. The van der Waals surface area contributed by atoms with Gasteiger partial charge < -0.3 is 10.1 Å². The van der Waals surface area contributed by atoms with Crippen molar-refractivity contribution in [2.75, 3.05) is 18.8 Å². The molecule has 0 aliphatic carbocycles. The van der Waals surface area contributed by atoms with Crippen LogP contribution in [0.1, 0.15) is 6.92 Å². The Hall–Kier alpha value is -0.710. The van der Waals surface area contributed by atoms with Gasteiger partial charge in [-0.3, -0.25) is 4.79 Å². The van der Waals surface area contributed by atoms with Gasteiger partial charge >= 0.3 is 0 Å². The molecular weight excluding hydrogens is 164 g/mol. The normalized spacial score (nSPS) is 22.8. The molecule has 1 amide bonds. The molecule has 4 nitrogen and oxygen atoms in total. The standard InChI is InChI=1S/C6H10N2O2S/c1-2-8-3-4-11-5(7-10)6(8)9/h10H,2-4H2,1H3. The largest absolute Gasteiger partial charge is 0.410 e. The monoisotopic (exact) mass is 174 g/mol. The highest BCUT2D eigenvalue weighted by atomic mass is 32.2. The van der Waals surface area contributed by atoms with E-state index in [1.54, 1.807) is 4.90 Å². The molecule has 0 unspecified atom stereocenters. The minimum absolute atomic E-state index is 0.161. The first kappa shape index (κ1) is 8.39. The van der Waals surface area contributed by atoms with Gasteiger partial charge in [0.1, 0.15) is 0 Å². The van der Waals surface area contributed by atoms with E-state index in [0.29, 0.717) is 6.54 Å². The summed E-state index contributed by atoms with van der Waals surface area (Å²) in [6.07, 6.45) is 0. The summed E-state index contributed by atoms with van der Waals surface area (Å²) < 4.78 is 0. The van der Waals surface area contributed by atoms with E-state index in [1.807, 2.05) is 6.92 Å². The quantitative estimate of drug-likeness (QED) is 0.461. The molecule has 0 radical (unpaired) electrons. The summed E-state index contributed by atoms with van der Waals surface area (Å²) in [7, 11) is 0. The molecule has 0 aromatic heterocycles. The molecule has 1 rings (SSSR count). The van der Waals surface area contributed by atoms with Crippen LogP contribution >= 0.6 is 11.8 Å². The van der Waals surface area contributed by atoms with Crippen molar-refractivity contribution < 1.29 is 10.0 Å². The van der Waals surface area contributed by atoms with Crippen LogP contribution in [0.2, 0.25) is 0 Å². The Labute approximate surface area is 69.2 Å². The molecule has 0 spiro atoms. The molecule has 1 saturated heterocycles. The molecule has 1 N–H and O–H groups in total. The van der Waals surface area contributed by atoms with Crippen LogP contribution in [0.4, 0.5) is 0 Å². The first-order valence-electron chi connectivity index (χ1n) is 3.43. The lowest BCUT2D eigenvalue weighted by Crippen LogP contribution is -2.40. The third kappa shape index (κ3) is 1.65. The van der Waals surface area contributed by atoms with Gasteiger partial charge in [-0.1, -0.05) is 16.9 Å². The molecule has 0 saturated carbocycles. The third-order valence-corrected chi connectivity index (χ3v) is 2.46. The molecule has 1 fully saturated rings. The fourth-order valence-electron chi connectivity index (χ4n) is 0.924. The predicted molar refractivity (Wildman–Crippen MR) is 43.9 cm³/mol. The van der Waals surface area contributed by atoms with Gasteiger partial charge in [-0.25, -0.2) is 0 Å². The number of carbonyl (C=O) groups is 1. The second kappa shape index (κ2) is 3.61. The number of amides is 1. The van der Waals surface area contributed by atoms with Crippen LogP contribution in [0.5, 0.6) is 0 Å². The van der Waals surface area contributed by atoms with Gasteiger partial charge in [-0.2, -0.15) is 0 Å². The maximum atomic E-state index is 11.2. The van der Waals surface area contributed by atoms with Crippen LogP contribution in [0.15, 0.2) is 5.16 Å². The van der Waals surface area contributed by atoms with E-state index in [-0.39, 0.29) is 11.0 Å². The summed E-state index contributed by atoms with van der Waals surface area (Å²) in [5.74, 6) is 0.658. The van der Waals surface area contributed by atoms with Crippen molar-refractivity contribution in [2.24, 2.45) is 5.16 Å². The van der Waals surface area contributed by atoms with Crippen LogP contribution in [0, 0.1) is 0 Å². The predicted octanol–water partition coefficient (Wildman–Crippen LogP) is 0.369. The number of carbonyl (C=O) groups excluding carboxylic acids is 1. The first-order chi connectivity index (χ1) is 5.29. The van der Waals surface area contributed by atoms with E-state index in [1.165, 1.54) is 11.8 Å². The van der Waals surface area contributed by atoms with Crippen molar-refractivity contribution in [3.05, 3.63) is 0 Å². The Morgan fingerprint density at radius 2 is 2.55 bits per heavy atom. The lowest BCUT2D eigenvalue weighted by molar-refractivity contribution is -0.123. The Kier molecular flexibility index (Phi) is 2.76. The lowest BCUT2D eigenvalue weighted by Gasteiger charge is -2.24. The second-order valence-corrected chi connectivity index (χ2v) is 3.22. The number of hydrogen-bond acceptors (Lipinski definition) is 4. The van der Waals surface area contributed by atoms with Crippen LogP contribution in [-0.4, -0.2) is 39.9 Å². The van der Waals surface area contributed by atoms with E-state index >= 15 is 0 Å². The fraction of sp³-hybridized carbons (Fsp3) is 0.667. The van der Waals surface area contributed by atoms with Gasteiger partial charge in [0.2, 0.25) is 5.04 Å². The molecule has 0 aromatic carbocycles. The number of thioether (sulfide) groups is 1. The molecule has 0 atom stereocenters. The highest BCUT2D eigenvalue weighted by Gasteiger charge is 2.24. The maximum Gasteiger partial charge on any atom is 0.282 e. The van der Waals surface area contributed by atoms with Crippen molar-refractivity contribution >= 4 is 22.7 Å². The third-order valence-electron chi connectivity index (χ3n) is 1.54. The Morgan fingerprint density at radius 1 is 1.82 bits per heavy atom. The molecule has 1 aliphatic heterocycles. The average Bonchev–Trinajstić information content (AvgIpc) is 2.05. The van der Waals surface area contributed by atoms with Gasteiger partial charge in [0, 0.05) is 18.8 Å². The minimum Gasteiger partial charge on any atom is -0.410 e. The SMILES string of the molecule is CCN1CCSC(=NO)C1=O. The molecule has 0 bridgehead atoms. The van der Waals surface area contributed by atoms with Gasteiger partial charge in [-0.15, -0.1) is 0 Å². The fourth-order valence-corrected chi connectivity index (χ4v) is 1.74. The molecular formula is C6H10N2O2S. The van der Waals surface area contributed by atoms with Crippen LogP contribution in [-0.2, 0) is 4.79 Å². The topological polar surface area (TPSA) is 52.9 Å². The highest BCUT2D eigenvalue weighted by molar-refractivity contribution is 8.15. The number of rotatable bonds is 1. The molecule has 5 heteroatoms. The van der Waals surface area contributed by atoms with E-state index in [2.05, 4.69) is 5.16 Å². The van der Waals surface area contributed by atoms with Crippen molar-refractivity contribution in [1.82, 2.24) is 4.90 Å². The molecule has 1 heterocycles. The van der Waals surface area contributed by atoms with Crippen molar-refractivity contribution in [3.8, 4) is 0 Å². The molecule has 1 aliphatic rings. The van der Waals surface area contributed by atoms with Crippen molar-refractivity contribution in [1.29, 1.82) is 0 Å². The number of nitrogens with zero attached hydrogens (tertiary/aromatic N) is 2. The minimum atomic E-state index is -0.161. The lowest BCUT2D eigenvalue weighted by atomic mass is 10.4. The zero-order valence-corrected chi connectivity index (χ0v) is 7.10. The summed E-state index contributed by atoms with van der Waals surface area (Å²) >= 11 is 1.30. The van der Waals surface area contributed by atoms with Gasteiger partial charge in [0.15, 0.2) is 0 Å². The number of oxime groups is 1. The zero-order valence-electron chi connectivity index (χ0n) is 6.28. The second-order valence-electron chi connectivity index (χ2n) is 2.14. The van der Waals surface area contributed by atoms with E-state index in [0.717, 1.165) is 12.3 Å². The molecule has 0 aromatic rings. The van der Waals surface area contributed by atoms with Crippen molar-refractivity contribution in [2.45, 2.75) is 6.92 Å². The van der Waals surface area contributed by atoms with Gasteiger partial charge in [0.05, 0.1) is 0 Å². The van der Waals surface area contributed by atoms with Gasteiger partial charge in [0.25, 0.3) is 5.91 Å². The molecule has 62 valence electrons. The van der Waals surface area contributed by atoms with E-state index in [9.17, 15) is 4.79 Å². The Morgan fingerprint density at radius 3 is 3.09 bits per heavy atom. The van der Waals surface area contributed by atoms with E-state index in [4.69, 9.17) is 5.21 Å². The molecule has 11 heavy (non-hydrogen) atoms. The van der Waals surface area contributed by atoms with Crippen LogP contribution in [0.3, 0.4) is 0 Å². The summed E-state index contributed by atoms with van der Waals surface area (Å²) in [5, 5.41) is 11.5. The summed E-state index contributed by atoms with van der Waals surface area (Å²) in [6, 6.07) is 0. The highest BCUT2D eigenvalue weighted by Crippen LogP contribution is 2.13. The average molecular weight is 174 g/mol.